The van der Waals surface area contributed by atoms with Crippen LogP contribution >= 0.6 is 0 Å². The first kappa shape index (κ1) is 32.2. The third-order valence-corrected chi connectivity index (χ3v) is 10.4. The Kier molecular flexibility index (Phi) is 7.65. The van der Waals surface area contributed by atoms with Crippen LogP contribution in [0.1, 0.15) is 79.9 Å². The van der Waals surface area contributed by atoms with Crippen LogP contribution in [0.4, 0.5) is 19.0 Å². The molecule has 4 aliphatic rings. The van der Waals surface area contributed by atoms with Gasteiger partial charge in [0.05, 0.1) is 5.56 Å². The number of likely N-dealkylation sites (tertiary alicyclic amines) is 1. The van der Waals surface area contributed by atoms with Crippen LogP contribution in [0.2, 0.25) is 0 Å². The Morgan fingerprint density at radius 2 is 1.81 bits per heavy atom. The van der Waals surface area contributed by atoms with E-state index < -0.39 is 23.8 Å². The second-order valence-corrected chi connectivity index (χ2v) is 14.5. The fourth-order valence-electron chi connectivity index (χ4n) is 7.59. The summed E-state index contributed by atoms with van der Waals surface area (Å²) in [5.74, 6) is 1.52. The Bertz CT molecular complexity index is 1770. The van der Waals surface area contributed by atoms with Gasteiger partial charge >= 0.3 is 6.18 Å². The molecule has 1 saturated heterocycles. The highest BCUT2D eigenvalue weighted by Gasteiger charge is 2.58. The summed E-state index contributed by atoms with van der Waals surface area (Å²) in [6, 6.07) is 10.9. The lowest BCUT2D eigenvalue weighted by atomic mass is 9.78. The standard InChI is InChI=1S/C36H39F3N4O5/c1-34(2)16-21(17-35(3,4)43(34)5)47-28-9-6-19(14-25(28)36(37,38)39)33(45)41-18-24-30-23-15-20(7-10-26(23)48-31(24)30)46-27-12-13-40-32-22(27)8-11-29(44)42-32/h6-7,9-10,12-15,21,24,30-31H,8,11,16-18H2,1-5H3,(H,41,45)(H,40,42,44). The summed E-state index contributed by atoms with van der Waals surface area (Å²) in [6.07, 6.45) is -1.63. The normalized spacial score (nSPS) is 24.0. The van der Waals surface area contributed by atoms with Gasteiger partial charge in [-0.3, -0.25) is 14.5 Å². The van der Waals surface area contributed by atoms with Gasteiger partial charge in [0, 0.05) is 71.6 Å². The monoisotopic (exact) mass is 664 g/mol. The number of nitrogens with one attached hydrogen (secondary N) is 2. The molecule has 0 bridgehead atoms. The number of pyridine rings is 1. The van der Waals surface area contributed by atoms with Crippen molar-refractivity contribution in [2.24, 2.45) is 5.92 Å². The number of benzene rings is 2. The van der Waals surface area contributed by atoms with Crippen molar-refractivity contribution < 1.29 is 37.0 Å². The molecule has 1 aromatic heterocycles. The van der Waals surface area contributed by atoms with E-state index in [9.17, 15) is 22.8 Å². The first-order valence-electron chi connectivity index (χ1n) is 16.3. The maximum atomic E-state index is 14.2. The van der Waals surface area contributed by atoms with Crippen molar-refractivity contribution in [3.63, 3.8) is 0 Å². The highest BCUT2D eigenvalue weighted by Crippen LogP contribution is 2.58. The van der Waals surface area contributed by atoms with E-state index in [1.165, 1.54) is 12.1 Å². The van der Waals surface area contributed by atoms with Gasteiger partial charge in [-0.25, -0.2) is 4.98 Å². The number of rotatable bonds is 7. The summed E-state index contributed by atoms with van der Waals surface area (Å²) < 4.78 is 61.0. The van der Waals surface area contributed by atoms with Crippen molar-refractivity contribution in [1.29, 1.82) is 0 Å². The molecule has 0 spiro atoms. The average Bonchev–Trinajstić information content (AvgIpc) is 3.56. The van der Waals surface area contributed by atoms with Crippen molar-refractivity contribution in [2.75, 3.05) is 18.9 Å². The number of hydrogen-bond acceptors (Lipinski definition) is 7. The number of halogens is 3. The number of fused-ring (bicyclic) bond motifs is 4. The van der Waals surface area contributed by atoms with E-state index in [1.807, 2.05) is 25.2 Å². The van der Waals surface area contributed by atoms with Crippen molar-refractivity contribution in [2.45, 2.75) is 88.8 Å². The molecule has 12 heteroatoms. The van der Waals surface area contributed by atoms with Gasteiger partial charge in [0.2, 0.25) is 5.91 Å². The molecular weight excluding hydrogens is 625 g/mol. The summed E-state index contributed by atoms with van der Waals surface area (Å²) in [6.45, 7) is 8.48. The predicted molar refractivity (Wildman–Crippen MR) is 172 cm³/mol. The van der Waals surface area contributed by atoms with Gasteiger partial charge in [0.1, 0.15) is 41.0 Å². The van der Waals surface area contributed by atoms with Crippen LogP contribution in [-0.2, 0) is 17.4 Å². The Morgan fingerprint density at radius 3 is 2.54 bits per heavy atom. The van der Waals surface area contributed by atoms with Gasteiger partial charge in [0.15, 0.2) is 0 Å². The van der Waals surface area contributed by atoms with Crippen molar-refractivity contribution >= 4 is 17.6 Å². The van der Waals surface area contributed by atoms with Crippen LogP contribution in [0.25, 0.3) is 0 Å². The number of hydrogen-bond donors (Lipinski definition) is 2. The molecular formula is C36H39F3N4O5. The zero-order valence-corrected chi connectivity index (χ0v) is 27.5. The van der Waals surface area contributed by atoms with E-state index in [2.05, 4.69) is 48.2 Å². The van der Waals surface area contributed by atoms with Gasteiger partial charge in [-0.05, 0) is 83.6 Å². The van der Waals surface area contributed by atoms with Gasteiger partial charge in [-0.2, -0.15) is 13.2 Å². The van der Waals surface area contributed by atoms with E-state index in [0.717, 1.165) is 22.9 Å². The Hall–Kier alpha value is -4.32. The summed E-state index contributed by atoms with van der Waals surface area (Å²) in [4.78, 5) is 31.4. The van der Waals surface area contributed by atoms with E-state index in [-0.39, 0.29) is 52.8 Å². The quantitative estimate of drug-likeness (QED) is 0.290. The Morgan fingerprint density at radius 1 is 1.06 bits per heavy atom. The van der Waals surface area contributed by atoms with Gasteiger partial charge in [-0.15, -0.1) is 0 Å². The van der Waals surface area contributed by atoms with Crippen molar-refractivity contribution in [3.8, 4) is 23.0 Å². The molecule has 254 valence electrons. The molecule has 2 fully saturated rings. The smallest absolute Gasteiger partial charge is 0.419 e. The van der Waals surface area contributed by atoms with E-state index in [4.69, 9.17) is 14.2 Å². The molecule has 1 aliphatic carbocycles. The van der Waals surface area contributed by atoms with Crippen LogP contribution in [0, 0.1) is 5.92 Å². The SMILES string of the molecule is CN1C(C)(C)CC(Oc2ccc(C(=O)NCC3C4Oc5ccc(Oc6ccnc7c6CCC(=O)N7)cc5C34)cc2C(F)(F)F)CC1(C)C. The van der Waals surface area contributed by atoms with Gasteiger partial charge in [0.25, 0.3) is 5.91 Å². The van der Waals surface area contributed by atoms with Crippen molar-refractivity contribution in [1.82, 2.24) is 15.2 Å². The number of carbonyl (C=O) groups excluding carboxylic acids is 2. The number of nitrogens with zero attached hydrogens (tertiary/aromatic N) is 2. The van der Waals surface area contributed by atoms with Crippen LogP contribution in [0.5, 0.6) is 23.0 Å². The molecule has 0 radical (unpaired) electrons. The first-order chi connectivity index (χ1) is 22.6. The van der Waals surface area contributed by atoms with E-state index in [1.54, 1.807) is 12.3 Å². The van der Waals surface area contributed by atoms with Crippen LogP contribution in [0.15, 0.2) is 48.7 Å². The molecule has 2 amide bonds. The summed E-state index contributed by atoms with van der Waals surface area (Å²) in [5.41, 5.74) is 0.221. The molecule has 3 unspecified atom stereocenters. The average molecular weight is 665 g/mol. The minimum atomic E-state index is -4.70. The van der Waals surface area contributed by atoms with Gasteiger partial charge < -0.3 is 24.8 Å². The molecule has 9 nitrogen and oxygen atoms in total. The number of carbonyl (C=O) groups is 2. The summed E-state index contributed by atoms with van der Waals surface area (Å²) >= 11 is 0. The molecule has 2 aromatic carbocycles. The third-order valence-electron chi connectivity index (χ3n) is 10.4. The minimum Gasteiger partial charge on any atom is -0.490 e. The number of amides is 2. The Labute approximate surface area is 277 Å². The number of anilines is 1. The molecule has 4 heterocycles. The largest absolute Gasteiger partial charge is 0.490 e. The van der Waals surface area contributed by atoms with Crippen LogP contribution < -0.4 is 24.8 Å². The second-order valence-electron chi connectivity index (χ2n) is 14.5. The lowest BCUT2D eigenvalue weighted by Crippen LogP contribution is -2.60. The molecule has 3 aromatic rings. The Balaban J connectivity index is 1.01. The van der Waals surface area contributed by atoms with Crippen LogP contribution in [-0.4, -0.2) is 58.6 Å². The highest BCUT2D eigenvalue weighted by atomic mass is 19.4. The minimum absolute atomic E-state index is 0.0265. The maximum Gasteiger partial charge on any atom is 0.419 e. The number of ether oxygens (including phenoxy) is 3. The van der Waals surface area contributed by atoms with E-state index in [0.29, 0.717) is 43.0 Å². The molecule has 2 N–H and O–H groups in total. The molecule has 3 aliphatic heterocycles. The fourth-order valence-corrected chi connectivity index (χ4v) is 7.59. The zero-order valence-electron chi connectivity index (χ0n) is 27.5. The molecule has 48 heavy (non-hydrogen) atoms. The maximum absolute atomic E-state index is 14.2. The second kappa shape index (κ2) is 11.4. The number of alkyl halides is 3. The molecule has 1 saturated carbocycles. The first-order valence-corrected chi connectivity index (χ1v) is 16.3. The topological polar surface area (TPSA) is 102 Å². The molecule has 7 rings (SSSR count). The molecule has 3 atom stereocenters. The lowest BCUT2D eigenvalue weighted by Gasteiger charge is -2.53. The summed E-state index contributed by atoms with van der Waals surface area (Å²) in [7, 11) is 2.02. The number of aromatic nitrogens is 1. The lowest BCUT2D eigenvalue weighted by molar-refractivity contribution is -0.140. The predicted octanol–water partition coefficient (Wildman–Crippen LogP) is 6.71. The van der Waals surface area contributed by atoms with Crippen LogP contribution in [0.3, 0.4) is 0 Å². The van der Waals surface area contributed by atoms with Crippen molar-refractivity contribution in [3.05, 3.63) is 70.9 Å². The zero-order chi connectivity index (χ0) is 34.2. The highest BCUT2D eigenvalue weighted by molar-refractivity contribution is 5.95. The van der Waals surface area contributed by atoms with Gasteiger partial charge in [-0.1, -0.05) is 0 Å². The summed E-state index contributed by atoms with van der Waals surface area (Å²) in [5, 5.41) is 5.58. The van der Waals surface area contributed by atoms with E-state index >= 15 is 0 Å². The number of piperidine rings is 1. The fraction of sp³-hybridized carbons (Fsp3) is 0.472. The third kappa shape index (κ3) is 5.95.